The number of rotatable bonds is 6. The first kappa shape index (κ1) is 27.5. The number of amides is 2. The highest BCUT2D eigenvalue weighted by molar-refractivity contribution is 7.91. The highest BCUT2D eigenvalue weighted by atomic mass is 35.5. The molecule has 1 aliphatic carbocycles. The minimum atomic E-state index is -3.84. The molecule has 0 heterocycles. The Kier molecular flexibility index (Phi) is 8.19. The third-order valence-corrected chi connectivity index (χ3v) is 9.54. The van der Waals surface area contributed by atoms with Crippen molar-refractivity contribution < 1.29 is 18.0 Å². The van der Waals surface area contributed by atoms with E-state index in [9.17, 15) is 18.0 Å². The molecular formula is C27H25Cl3N2O4S. The summed E-state index contributed by atoms with van der Waals surface area (Å²) in [6.07, 6.45) is 0.909. The lowest BCUT2D eigenvalue weighted by Gasteiger charge is -2.34. The van der Waals surface area contributed by atoms with Crippen molar-refractivity contribution in [2.75, 3.05) is 18.9 Å². The van der Waals surface area contributed by atoms with Gasteiger partial charge in [-0.15, -0.1) is 0 Å². The number of hydrogen-bond acceptors (Lipinski definition) is 4. The van der Waals surface area contributed by atoms with Crippen LogP contribution in [0.1, 0.15) is 40.1 Å². The van der Waals surface area contributed by atoms with Crippen LogP contribution in [0.5, 0.6) is 0 Å². The van der Waals surface area contributed by atoms with E-state index in [0.717, 1.165) is 5.56 Å². The number of hydrogen-bond donors (Lipinski definition) is 1. The lowest BCUT2D eigenvalue weighted by Crippen LogP contribution is -2.35. The maximum absolute atomic E-state index is 13.9. The third kappa shape index (κ3) is 5.96. The van der Waals surface area contributed by atoms with Crippen molar-refractivity contribution in [2.45, 2.75) is 29.9 Å². The smallest absolute Gasteiger partial charge is 0.258 e. The number of halogens is 3. The van der Waals surface area contributed by atoms with Crippen LogP contribution >= 0.6 is 34.8 Å². The number of nitrogens with zero attached hydrogens (tertiary/aromatic N) is 1. The molecule has 2 unspecified atom stereocenters. The van der Waals surface area contributed by atoms with E-state index >= 15 is 0 Å². The van der Waals surface area contributed by atoms with Gasteiger partial charge in [-0.05, 0) is 72.4 Å². The van der Waals surface area contributed by atoms with Gasteiger partial charge in [-0.25, -0.2) is 8.42 Å². The Morgan fingerprint density at radius 3 is 2.32 bits per heavy atom. The van der Waals surface area contributed by atoms with Gasteiger partial charge in [0.15, 0.2) is 9.84 Å². The Bertz CT molecular complexity index is 1460. The number of carbonyl (C=O) groups excluding carboxylic acids is 2. The average molecular weight is 580 g/mol. The molecule has 0 radical (unpaired) electrons. The van der Waals surface area contributed by atoms with Gasteiger partial charge in [0.2, 0.25) is 5.91 Å². The Morgan fingerprint density at radius 2 is 1.68 bits per heavy atom. The molecule has 0 saturated heterocycles. The van der Waals surface area contributed by atoms with Gasteiger partial charge in [-0.3, -0.25) is 9.59 Å². The number of carbonyl (C=O) groups is 2. The monoisotopic (exact) mass is 578 g/mol. The summed E-state index contributed by atoms with van der Waals surface area (Å²) in [7, 11) is -2.14. The molecule has 2 amide bonds. The van der Waals surface area contributed by atoms with Crippen LogP contribution in [-0.2, 0) is 21.1 Å². The average Bonchev–Trinajstić information content (AvgIpc) is 2.83. The molecule has 0 aromatic heterocycles. The summed E-state index contributed by atoms with van der Waals surface area (Å²) >= 11 is 18.5. The van der Waals surface area contributed by atoms with Gasteiger partial charge in [-0.2, -0.15) is 0 Å². The quantitative estimate of drug-likeness (QED) is 0.364. The van der Waals surface area contributed by atoms with Crippen LogP contribution in [0.3, 0.4) is 0 Å². The molecule has 3 aromatic carbocycles. The van der Waals surface area contributed by atoms with Crippen molar-refractivity contribution in [1.82, 2.24) is 4.90 Å². The normalized spacial score (nSPS) is 17.1. The fourth-order valence-electron chi connectivity index (χ4n) is 4.65. The molecule has 6 nitrogen and oxygen atoms in total. The molecule has 37 heavy (non-hydrogen) atoms. The predicted octanol–water partition coefficient (Wildman–Crippen LogP) is 6.45. The largest absolute Gasteiger partial charge is 0.346 e. The van der Waals surface area contributed by atoms with Gasteiger partial charge in [0.1, 0.15) is 0 Å². The van der Waals surface area contributed by atoms with Crippen LogP contribution in [0.4, 0.5) is 5.69 Å². The first-order valence-electron chi connectivity index (χ1n) is 11.6. The van der Waals surface area contributed by atoms with Crippen LogP contribution in [0.25, 0.3) is 0 Å². The van der Waals surface area contributed by atoms with Crippen LogP contribution in [-0.4, -0.2) is 38.7 Å². The molecule has 0 spiro atoms. The lowest BCUT2D eigenvalue weighted by molar-refractivity contribution is -0.128. The fourth-order valence-corrected chi connectivity index (χ4v) is 7.44. The number of nitrogens with one attached hydrogen (secondary N) is 1. The van der Waals surface area contributed by atoms with E-state index in [0.29, 0.717) is 35.7 Å². The molecule has 1 aliphatic rings. The van der Waals surface area contributed by atoms with Crippen LogP contribution in [0, 0.1) is 5.92 Å². The highest BCUT2D eigenvalue weighted by Gasteiger charge is 2.37. The zero-order valence-electron chi connectivity index (χ0n) is 20.2. The van der Waals surface area contributed by atoms with Gasteiger partial charge >= 0.3 is 0 Å². The van der Waals surface area contributed by atoms with Gasteiger partial charge < -0.3 is 10.2 Å². The zero-order valence-corrected chi connectivity index (χ0v) is 23.3. The van der Waals surface area contributed by atoms with E-state index < -0.39 is 21.0 Å². The minimum absolute atomic E-state index is 0.0669. The number of fused-ring (bicyclic) bond motifs is 1. The Morgan fingerprint density at radius 1 is 1.00 bits per heavy atom. The molecule has 0 saturated carbocycles. The Labute approximate surface area is 231 Å². The number of sulfone groups is 1. The molecule has 2 atom stereocenters. The van der Waals surface area contributed by atoms with Crippen molar-refractivity contribution >= 4 is 62.1 Å². The topological polar surface area (TPSA) is 83.6 Å². The summed E-state index contributed by atoms with van der Waals surface area (Å²) in [6, 6.07) is 16.2. The van der Waals surface area contributed by atoms with E-state index in [1.165, 1.54) is 19.1 Å². The van der Waals surface area contributed by atoms with Gasteiger partial charge in [0.05, 0.1) is 25.8 Å². The van der Waals surface area contributed by atoms with Crippen molar-refractivity contribution in [3.63, 3.8) is 0 Å². The molecular weight excluding hydrogens is 555 g/mol. The van der Waals surface area contributed by atoms with E-state index in [4.69, 9.17) is 34.8 Å². The highest BCUT2D eigenvalue weighted by Crippen LogP contribution is 2.43. The number of benzene rings is 3. The van der Waals surface area contributed by atoms with Crippen molar-refractivity contribution in [2.24, 2.45) is 5.92 Å². The molecule has 10 heteroatoms. The van der Waals surface area contributed by atoms with Gasteiger partial charge in [0, 0.05) is 31.2 Å². The number of anilines is 1. The molecule has 1 N–H and O–H groups in total. The van der Waals surface area contributed by atoms with E-state index in [1.807, 2.05) is 6.07 Å². The second-order valence-corrected chi connectivity index (χ2v) is 12.5. The summed E-state index contributed by atoms with van der Waals surface area (Å²) < 4.78 is 27.7. The SMILES string of the molecule is CC(=O)N(C)CC1Cc2ccc(NC(=O)c3c(Cl)cccc3Cl)cc2C(S(=O)(=O)c2cccc(Cl)c2)C1. The summed E-state index contributed by atoms with van der Waals surface area (Å²) in [6.45, 7) is 1.91. The fraction of sp³-hybridized carbons (Fsp3) is 0.259. The second kappa shape index (κ2) is 11.0. The van der Waals surface area contributed by atoms with Crippen LogP contribution < -0.4 is 5.32 Å². The second-order valence-electron chi connectivity index (χ2n) is 9.16. The van der Waals surface area contributed by atoms with E-state index in [-0.39, 0.29) is 32.3 Å². The van der Waals surface area contributed by atoms with Crippen LogP contribution in [0.15, 0.2) is 65.6 Å². The predicted molar refractivity (Wildman–Crippen MR) is 147 cm³/mol. The van der Waals surface area contributed by atoms with E-state index in [2.05, 4.69) is 5.32 Å². The molecule has 0 fully saturated rings. The van der Waals surface area contributed by atoms with E-state index in [1.54, 1.807) is 54.4 Å². The molecule has 0 bridgehead atoms. The maximum atomic E-state index is 13.9. The maximum Gasteiger partial charge on any atom is 0.258 e. The first-order chi connectivity index (χ1) is 17.5. The van der Waals surface area contributed by atoms with Gasteiger partial charge in [0.25, 0.3) is 5.91 Å². The standard InChI is InChI=1S/C27H25Cl3N2O4S/c1-16(33)32(2)15-17-11-18-9-10-20(31-27(34)26-23(29)7-4-8-24(26)30)14-22(18)25(12-17)37(35,36)21-6-3-5-19(28)13-21/h3-10,13-14,17,25H,11-12,15H2,1-2H3,(H,31,34). The lowest BCUT2D eigenvalue weighted by atomic mass is 9.83. The Balaban J connectivity index is 1.73. The summed E-state index contributed by atoms with van der Waals surface area (Å²) in [5.41, 5.74) is 2.01. The minimum Gasteiger partial charge on any atom is -0.346 e. The first-order valence-corrected chi connectivity index (χ1v) is 14.2. The molecule has 0 aliphatic heterocycles. The summed E-state index contributed by atoms with van der Waals surface area (Å²) in [5, 5.41) is 2.65. The molecule has 194 valence electrons. The van der Waals surface area contributed by atoms with Crippen LogP contribution in [0.2, 0.25) is 15.1 Å². The molecule has 3 aromatic rings. The summed E-state index contributed by atoms with van der Waals surface area (Å²) in [5.74, 6) is -0.652. The zero-order chi connectivity index (χ0) is 26.9. The Hall–Kier alpha value is -2.58. The third-order valence-electron chi connectivity index (χ3n) is 6.57. The van der Waals surface area contributed by atoms with Crippen molar-refractivity contribution in [3.8, 4) is 0 Å². The van der Waals surface area contributed by atoms with Gasteiger partial charge in [-0.1, -0.05) is 53.0 Å². The molecule has 4 rings (SSSR count). The van der Waals surface area contributed by atoms with Crippen molar-refractivity contribution in [1.29, 1.82) is 0 Å². The summed E-state index contributed by atoms with van der Waals surface area (Å²) in [4.78, 5) is 26.5. The van der Waals surface area contributed by atoms with Crippen molar-refractivity contribution in [3.05, 3.63) is 92.4 Å².